The number of hydrogen-bond acceptors (Lipinski definition) is 2. The fourth-order valence-corrected chi connectivity index (χ4v) is 2.09. The van der Waals surface area contributed by atoms with E-state index in [4.69, 9.17) is 4.42 Å². The minimum absolute atomic E-state index is 0.260. The molecule has 0 amide bonds. The van der Waals surface area contributed by atoms with Crippen LogP contribution in [0.5, 0.6) is 0 Å². The van der Waals surface area contributed by atoms with Gasteiger partial charge in [0.2, 0.25) is 0 Å². The van der Waals surface area contributed by atoms with Crippen molar-refractivity contribution in [3.63, 3.8) is 0 Å². The number of halogens is 2. The van der Waals surface area contributed by atoms with Crippen molar-refractivity contribution in [1.82, 2.24) is 5.32 Å². The van der Waals surface area contributed by atoms with Crippen molar-refractivity contribution in [3.05, 3.63) is 46.6 Å². The Morgan fingerprint density at radius 2 is 2.06 bits per heavy atom. The highest BCUT2D eigenvalue weighted by Crippen LogP contribution is 2.30. The molecule has 18 heavy (non-hydrogen) atoms. The molecule has 0 bridgehead atoms. The highest BCUT2D eigenvalue weighted by Gasteiger charge is 2.14. The maximum atomic E-state index is 14.0. The lowest BCUT2D eigenvalue weighted by Gasteiger charge is -2.09. The number of nitrogens with one attached hydrogen (secondary N) is 1. The van der Waals surface area contributed by atoms with Crippen molar-refractivity contribution in [3.8, 4) is 11.1 Å². The lowest BCUT2D eigenvalue weighted by Crippen LogP contribution is -2.21. The van der Waals surface area contributed by atoms with Crippen LogP contribution in [0.15, 0.2) is 39.4 Å². The smallest absolute Gasteiger partial charge is 0.145 e. The molecule has 0 unspecified atom stereocenters. The Labute approximate surface area is 114 Å². The van der Waals surface area contributed by atoms with Crippen LogP contribution in [0.25, 0.3) is 11.1 Å². The molecular formula is C14H15BrFNO. The molecule has 0 spiro atoms. The van der Waals surface area contributed by atoms with Crippen LogP contribution in [-0.2, 0) is 6.54 Å². The molecule has 1 N–H and O–H groups in total. The number of rotatable bonds is 4. The van der Waals surface area contributed by atoms with Crippen molar-refractivity contribution >= 4 is 15.9 Å². The van der Waals surface area contributed by atoms with Gasteiger partial charge in [-0.15, -0.1) is 0 Å². The zero-order valence-electron chi connectivity index (χ0n) is 10.3. The first-order valence-corrected chi connectivity index (χ1v) is 6.63. The highest BCUT2D eigenvalue weighted by molar-refractivity contribution is 9.10. The van der Waals surface area contributed by atoms with Gasteiger partial charge in [-0.25, -0.2) is 4.39 Å². The molecule has 2 nitrogen and oxygen atoms in total. The maximum absolute atomic E-state index is 14.0. The molecule has 1 heterocycles. The molecule has 0 saturated carbocycles. The third-order valence-corrected chi connectivity index (χ3v) is 3.27. The molecule has 0 atom stereocenters. The van der Waals surface area contributed by atoms with Gasteiger partial charge in [0, 0.05) is 17.2 Å². The quantitative estimate of drug-likeness (QED) is 0.908. The monoisotopic (exact) mass is 311 g/mol. The average Bonchev–Trinajstić information content (AvgIpc) is 2.78. The van der Waals surface area contributed by atoms with E-state index in [1.54, 1.807) is 24.5 Å². The van der Waals surface area contributed by atoms with Crippen molar-refractivity contribution in [2.45, 2.75) is 26.4 Å². The van der Waals surface area contributed by atoms with Crippen molar-refractivity contribution in [2.24, 2.45) is 0 Å². The standard InChI is InChI=1S/C14H15BrFNO/c1-9(2)17-8-13-10(6-7-18-13)11-4-3-5-12(15)14(11)16/h3-7,9,17H,8H2,1-2H3. The molecule has 0 aliphatic heterocycles. The first-order chi connectivity index (χ1) is 8.59. The summed E-state index contributed by atoms with van der Waals surface area (Å²) in [5, 5.41) is 3.26. The third-order valence-electron chi connectivity index (χ3n) is 2.66. The van der Waals surface area contributed by atoms with Crippen LogP contribution in [0.4, 0.5) is 4.39 Å². The van der Waals surface area contributed by atoms with Crippen LogP contribution in [0, 0.1) is 5.82 Å². The summed E-state index contributed by atoms with van der Waals surface area (Å²) in [6.45, 7) is 4.70. The van der Waals surface area contributed by atoms with E-state index in [1.807, 2.05) is 6.07 Å². The van der Waals surface area contributed by atoms with Gasteiger partial charge in [0.25, 0.3) is 0 Å². The van der Waals surface area contributed by atoms with Gasteiger partial charge in [-0.1, -0.05) is 26.0 Å². The Morgan fingerprint density at radius 3 is 2.78 bits per heavy atom. The first kappa shape index (κ1) is 13.3. The molecule has 4 heteroatoms. The van der Waals surface area contributed by atoms with E-state index in [0.717, 1.165) is 11.3 Å². The third kappa shape index (κ3) is 2.82. The Hall–Kier alpha value is -1.13. The van der Waals surface area contributed by atoms with E-state index >= 15 is 0 Å². The molecule has 0 saturated heterocycles. The van der Waals surface area contributed by atoms with Crippen LogP contribution in [0.2, 0.25) is 0 Å². The predicted molar refractivity (Wildman–Crippen MR) is 73.8 cm³/mol. The number of hydrogen-bond donors (Lipinski definition) is 1. The van der Waals surface area contributed by atoms with Gasteiger partial charge < -0.3 is 9.73 Å². The van der Waals surface area contributed by atoms with E-state index < -0.39 is 0 Å². The van der Waals surface area contributed by atoms with E-state index in [2.05, 4.69) is 35.1 Å². The summed E-state index contributed by atoms with van der Waals surface area (Å²) in [7, 11) is 0. The fourth-order valence-electron chi connectivity index (χ4n) is 1.73. The van der Waals surface area contributed by atoms with Gasteiger partial charge in [0.05, 0.1) is 17.3 Å². The van der Waals surface area contributed by atoms with E-state index in [-0.39, 0.29) is 5.82 Å². The Bertz CT molecular complexity index is 536. The van der Waals surface area contributed by atoms with E-state index in [9.17, 15) is 4.39 Å². The minimum Gasteiger partial charge on any atom is -0.467 e. The second-order valence-electron chi connectivity index (χ2n) is 4.39. The molecule has 96 valence electrons. The molecular weight excluding hydrogens is 297 g/mol. The summed E-state index contributed by atoms with van der Waals surface area (Å²) < 4.78 is 19.9. The van der Waals surface area contributed by atoms with E-state index in [0.29, 0.717) is 22.6 Å². The van der Waals surface area contributed by atoms with Crippen molar-refractivity contribution in [2.75, 3.05) is 0 Å². The largest absolute Gasteiger partial charge is 0.467 e. The molecule has 0 aliphatic carbocycles. The summed E-state index contributed by atoms with van der Waals surface area (Å²) in [6, 6.07) is 7.40. The summed E-state index contributed by atoms with van der Waals surface area (Å²) in [6.07, 6.45) is 1.59. The molecule has 2 rings (SSSR count). The van der Waals surface area contributed by atoms with Crippen LogP contribution in [-0.4, -0.2) is 6.04 Å². The van der Waals surface area contributed by atoms with Gasteiger partial charge in [-0.2, -0.15) is 0 Å². The summed E-state index contributed by atoms with van der Waals surface area (Å²) in [5.74, 6) is 0.491. The van der Waals surface area contributed by atoms with Crippen molar-refractivity contribution < 1.29 is 8.81 Å². The maximum Gasteiger partial charge on any atom is 0.145 e. The van der Waals surface area contributed by atoms with Gasteiger partial charge in [-0.05, 0) is 28.1 Å². The second kappa shape index (κ2) is 5.67. The van der Waals surface area contributed by atoms with Gasteiger partial charge >= 0.3 is 0 Å². The van der Waals surface area contributed by atoms with Gasteiger partial charge in [0.15, 0.2) is 0 Å². The summed E-state index contributed by atoms with van der Waals surface area (Å²) >= 11 is 3.20. The SMILES string of the molecule is CC(C)NCc1occc1-c1cccc(Br)c1F. The lowest BCUT2D eigenvalue weighted by molar-refractivity contribution is 0.466. The first-order valence-electron chi connectivity index (χ1n) is 5.83. The Kier molecular flexibility index (Phi) is 4.19. The van der Waals surface area contributed by atoms with Crippen molar-refractivity contribution in [1.29, 1.82) is 0 Å². The summed E-state index contributed by atoms with van der Waals surface area (Å²) in [4.78, 5) is 0. The Balaban J connectivity index is 2.33. The molecule has 2 aromatic rings. The average molecular weight is 312 g/mol. The zero-order valence-corrected chi connectivity index (χ0v) is 11.9. The number of benzene rings is 1. The van der Waals surface area contributed by atoms with Gasteiger partial charge in [-0.3, -0.25) is 0 Å². The molecule has 1 aromatic carbocycles. The van der Waals surface area contributed by atoms with Crippen LogP contribution >= 0.6 is 15.9 Å². The van der Waals surface area contributed by atoms with Crippen LogP contribution in [0.1, 0.15) is 19.6 Å². The van der Waals surface area contributed by atoms with Gasteiger partial charge in [0.1, 0.15) is 11.6 Å². The van der Waals surface area contributed by atoms with E-state index in [1.165, 1.54) is 0 Å². The predicted octanol–water partition coefficient (Wildman–Crippen LogP) is 4.35. The highest BCUT2D eigenvalue weighted by atomic mass is 79.9. The molecule has 0 radical (unpaired) electrons. The molecule has 1 aromatic heterocycles. The number of furan rings is 1. The Morgan fingerprint density at radius 1 is 1.28 bits per heavy atom. The topological polar surface area (TPSA) is 25.2 Å². The van der Waals surface area contributed by atoms with Crippen LogP contribution < -0.4 is 5.32 Å². The zero-order chi connectivity index (χ0) is 13.1. The fraction of sp³-hybridized carbons (Fsp3) is 0.286. The normalized spacial score (nSPS) is 11.2. The second-order valence-corrected chi connectivity index (χ2v) is 5.25. The molecule has 0 aliphatic rings. The minimum atomic E-state index is -0.260. The molecule has 0 fully saturated rings. The lowest BCUT2D eigenvalue weighted by atomic mass is 10.1. The summed E-state index contributed by atoms with van der Waals surface area (Å²) in [5.41, 5.74) is 1.35. The van der Waals surface area contributed by atoms with Crippen LogP contribution in [0.3, 0.4) is 0 Å².